The average Bonchev–Trinajstić information content (AvgIpc) is 2.47. The standard InChI is InChI=1S/C15H10BrClFNO2/c16-13(15(21)19-10-4-2-1-3-5-10)14(20)11-7-6-9(17)8-12(11)18/h1-8,13H,(H,19,21)/t13-/m0/s1. The van der Waals surface area contributed by atoms with Crippen molar-refractivity contribution in [3.05, 3.63) is 64.9 Å². The molecule has 0 spiro atoms. The van der Waals surface area contributed by atoms with Crippen molar-refractivity contribution in [1.82, 2.24) is 0 Å². The van der Waals surface area contributed by atoms with E-state index < -0.39 is 22.3 Å². The highest BCUT2D eigenvalue weighted by atomic mass is 79.9. The number of nitrogens with one attached hydrogen (secondary N) is 1. The summed E-state index contributed by atoms with van der Waals surface area (Å²) in [5, 5.41) is 2.75. The zero-order valence-electron chi connectivity index (χ0n) is 10.6. The predicted molar refractivity (Wildman–Crippen MR) is 83.5 cm³/mol. The fourth-order valence-corrected chi connectivity index (χ4v) is 2.19. The van der Waals surface area contributed by atoms with Crippen molar-refractivity contribution in [3.8, 4) is 0 Å². The topological polar surface area (TPSA) is 46.2 Å². The van der Waals surface area contributed by atoms with Gasteiger partial charge in [-0.3, -0.25) is 9.59 Å². The molecule has 0 aliphatic carbocycles. The smallest absolute Gasteiger partial charge is 0.246 e. The Kier molecular flexibility index (Phi) is 5.09. The van der Waals surface area contributed by atoms with Gasteiger partial charge in [0.1, 0.15) is 5.82 Å². The van der Waals surface area contributed by atoms with Crippen molar-refractivity contribution in [3.63, 3.8) is 0 Å². The van der Waals surface area contributed by atoms with Crippen LogP contribution in [0.4, 0.5) is 10.1 Å². The van der Waals surface area contributed by atoms with Gasteiger partial charge in [0.05, 0.1) is 5.56 Å². The predicted octanol–water partition coefficient (Wildman–Crippen LogP) is 4.06. The summed E-state index contributed by atoms with van der Waals surface area (Å²) in [7, 11) is 0. The molecule has 1 amide bonds. The van der Waals surface area contributed by atoms with Crippen LogP contribution in [0, 0.1) is 5.82 Å². The zero-order chi connectivity index (χ0) is 15.4. The second-order valence-corrected chi connectivity index (χ2v) is 5.56. The maximum atomic E-state index is 13.7. The molecular weight excluding hydrogens is 361 g/mol. The van der Waals surface area contributed by atoms with Gasteiger partial charge in [0.2, 0.25) is 5.91 Å². The van der Waals surface area contributed by atoms with E-state index in [0.717, 1.165) is 6.07 Å². The molecular formula is C15H10BrClFNO2. The molecule has 108 valence electrons. The molecule has 0 fully saturated rings. The summed E-state index contributed by atoms with van der Waals surface area (Å²) in [5.74, 6) is -2.00. The quantitative estimate of drug-likeness (QED) is 0.501. The number of amides is 1. The van der Waals surface area contributed by atoms with Crippen molar-refractivity contribution in [2.24, 2.45) is 0 Å². The Hall–Kier alpha value is -1.72. The van der Waals surface area contributed by atoms with Gasteiger partial charge >= 0.3 is 0 Å². The molecule has 0 radical (unpaired) electrons. The van der Waals surface area contributed by atoms with Gasteiger partial charge in [-0.25, -0.2) is 4.39 Å². The zero-order valence-corrected chi connectivity index (χ0v) is 13.0. The SMILES string of the molecule is O=C(Nc1ccccc1)[C@@H](Br)C(=O)c1ccc(Cl)cc1F. The van der Waals surface area contributed by atoms with E-state index in [1.165, 1.54) is 12.1 Å². The highest BCUT2D eigenvalue weighted by molar-refractivity contribution is 9.10. The Morgan fingerprint density at radius 2 is 1.81 bits per heavy atom. The molecule has 0 saturated heterocycles. The Morgan fingerprint density at radius 3 is 2.43 bits per heavy atom. The van der Waals surface area contributed by atoms with Crippen LogP contribution >= 0.6 is 27.5 Å². The largest absolute Gasteiger partial charge is 0.325 e. The average molecular weight is 371 g/mol. The number of ketones is 1. The number of Topliss-reactive ketones (excluding diaryl/α,β-unsaturated/α-hetero) is 1. The number of benzene rings is 2. The minimum Gasteiger partial charge on any atom is -0.325 e. The number of carbonyl (C=O) groups excluding carboxylic acids is 2. The maximum Gasteiger partial charge on any atom is 0.246 e. The van der Waals surface area contributed by atoms with Crippen LogP contribution in [0.3, 0.4) is 0 Å². The number of hydrogen-bond acceptors (Lipinski definition) is 2. The van der Waals surface area contributed by atoms with Crippen molar-refractivity contribution < 1.29 is 14.0 Å². The Morgan fingerprint density at radius 1 is 1.14 bits per heavy atom. The van der Waals surface area contributed by atoms with Crippen molar-refractivity contribution in [2.45, 2.75) is 4.83 Å². The number of para-hydroxylation sites is 1. The van der Waals surface area contributed by atoms with Gasteiger partial charge in [0, 0.05) is 10.7 Å². The second kappa shape index (κ2) is 6.83. The lowest BCUT2D eigenvalue weighted by molar-refractivity contribution is -0.114. The molecule has 6 heteroatoms. The minimum absolute atomic E-state index is 0.184. The van der Waals surface area contributed by atoms with Gasteiger partial charge in [-0.1, -0.05) is 45.7 Å². The van der Waals surface area contributed by atoms with E-state index in [1.54, 1.807) is 30.3 Å². The summed E-state index contributed by atoms with van der Waals surface area (Å²) in [5.41, 5.74) is 0.362. The Bertz CT molecular complexity index is 679. The molecule has 2 aromatic carbocycles. The molecule has 3 nitrogen and oxygen atoms in total. The summed E-state index contributed by atoms with van der Waals surface area (Å²) in [6.07, 6.45) is 0. The first-order chi connectivity index (χ1) is 9.99. The van der Waals surface area contributed by atoms with Crippen molar-refractivity contribution in [1.29, 1.82) is 0 Å². The van der Waals surface area contributed by atoms with E-state index in [1.807, 2.05) is 0 Å². The van der Waals surface area contributed by atoms with E-state index in [0.29, 0.717) is 5.69 Å². The molecule has 0 aliphatic heterocycles. The fraction of sp³-hybridized carbons (Fsp3) is 0.0667. The highest BCUT2D eigenvalue weighted by Gasteiger charge is 2.26. The van der Waals surface area contributed by atoms with Crippen molar-refractivity contribution in [2.75, 3.05) is 5.32 Å². The van der Waals surface area contributed by atoms with Gasteiger partial charge in [0.25, 0.3) is 0 Å². The van der Waals surface area contributed by atoms with E-state index in [-0.39, 0.29) is 10.6 Å². The van der Waals surface area contributed by atoms with Gasteiger partial charge in [-0.15, -0.1) is 0 Å². The molecule has 1 atom stereocenters. The lowest BCUT2D eigenvalue weighted by Crippen LogP contribution is -2.30. The fourth-order valence-electron chi connectivity index (χ4n) is 1.67. The first-order valence-electron chi connectivity index (χ1n) is 5.98. The molecule has 0 heterocycles. The minimum atomic E-state index is -1.19. The molecule has 2 rings (SSSR count). The number of carbonyl (C=O) groups is 2. The number of alkyl halides is 1. The van der Waals surface area contributed by atoms with E-state index in [9.17, 15) is 14.0 Å². The molecule has 0 aliphatic rings. The van der Waals surface area contributed by atoms with Crippen LogP contribution in [0.1, 0.15) is 10.4 Å². The highest BCUT2D eigenvalue weighted by Crippen LogP contribution is 2.19. The van der Waals surface area contributed by atoms with Crippen molar-refractivity contribution >= 4 is 44.9 Å². The normalized spacial score (nSPS) is 11.8. The van der Waals surface area contributed by atoms with Crippen LogP contribution in [0.2, 0.25) is 5.02 Å². The second-order valence-electron chi connectivity index (χ2n) is 4.21. The summed E-state index contributed by atoms with van der Waals surface area (Å²) in [6, 6.07) is 12.4. The van der Waals surface area contributed by atoms with Crippen LogP contribution in [0.25, 0.3) is 0 Å². The summed E-state index contributed by atoms with van der Waals surface area (Å²) >= 11 is 8.62. The van der Waals surface area contributed by atoms with Crippen LogP contribution in [-0.2, 0) is 4.79 Å². The molecule has 21 heavy (non-hydrogen) atoms. The third-order valence-corrected chi connectivity index (χ3v) is 3.77. The van der Waals surface area contributed by atoms with E-state index in [4.69, 9.17) is 11.6 Å². The molecule has 0 saturated carbocycles. The molecule has 0 bridgehead atoms. The molecule has 0 unspecified atom stereocenters. The lowest BCUT2D eigenvalue weighted by atomic mass is 10.1. The molecule has 0 aromatic heterocycles. The monoisotopic (exact) mass is 369 g/mol. The van der Waals surface area contributed by atoms with E-state index in [2.05, 4.69) is 21.2 Å². The van der Waals surface area contributed by atoms with Crippen LogP contribution < -0.4 is 5.32 Å². The third-order valence-electron chi connectivity index (χ3n) is 2.70. The Balaban J connectivity index is 2.13. The maximum absolute atomic E-state index is 13.7. The number of rotatable bonds is 4. The van der Waals surface area contributed by atoms with Crippen LogP contribution in [0.5, 0.6) is 0 Å². The third kappa shape index (κ3) is 3.89. The molecule has 2 aromatic rings. The summed E-state index contributed by atoms with van der Waals surface area (Å²) in [4.78, 5) is 22.9. The first-order valence-corrected chi connectivity index (χ1v) is 7.27. The summed E-state index contributed by atoms with van der Waals surface area (Å²) < 4.78 is 13.7. The number of anilines is 1. The van der Waals surface area contributed by atoms with Gasteiger partial charge in [-0.05, 0) is 30.3 Å². The Labute approximate surface area is 134 Å². The van der Waals surface area contributed by atoms with Crippen LogP contribution in [-0.4, -0.2) is 16.5 Å². The van der Waals surface area contributed by atoms with Crippen LogP contribution in [0.15, 0.2) is 48.5 Å². The number of halogens is 3. The van der Waals surface area contributed by atoms with Gasteiger partial charge < -0.3 is 5.32 Å². The molecule has 1 N–H and O–H groups in total. The summed E-state index contributed by atoms with van der Waals surface area (Å²) in [6.45, 7) is 0. The number of hydrogen-bond donors (Lipinski definition) is 1. The van der Waals surface area contributed by atoms with Gasteiger partial charge in [-0.2, -0.15) is 0 Å². The van der Waals surface area contributed by atoms with E-state index >= 15 is 0 Å². The van der Waals surface area contributed by atoms with Gasteiger partial charge in [0.15, 0.2) is 10.6 Å². The first kappa shape index (κ1) is 15.7. The lowest BCUT2D eigenvalue weighted by Gasteiger charge is -2.10.